The number of hydrogen-bond acceptors (Lipinski definition) is 4. The minimum Gasteiger partial charge on any atom is -0.454 e. The fourth-order valence-electron chi connectivity index (χ4n) is 2.87. The Hall–Kier alpha value is -2.47. The zero-order valence-electron chi connectivity index (χ0n) is 13.0. The van der Waals surface area contributed by atoms with E-state index in [9.17, 15) is 4.79 Å². The normalized spacial score (nSPS) is 18.3. The van der Waals surface area contributed by atoms with Crippen LogP contribution in [0.3, 0.4) is 0 Å². The Morgan fingerprint density at radius 1 is 1.17 bits per heavy atom. The zero-order valence-corrected chi connectivity index (χ0v) is 14.5. The molecule has 0 saturated carbocycles. The van der Waals surface area contributed by atoms with Crippen molar-refractivity contribution in [3.63, 3.8) is 0 Å². The van der Waals surface area contributed by atoms with Gasteiger partial charge in [0.05, 0.1) is 11.7 Å². The second-order valence-electron chi connectivity index (χ2n) is 5.65. The molecule has 0 aromatic heterocycles. The molecule has 1 atom stereocenters. The lowest BCUT2D eigenvalue weighted by molar-refractivity contribution is -0.132. The van der Waals surface area contributed by atoms with Crippen LogP contribution in [-0.2, 0) is 4.79 Å². The van der Waals surface area contributed by atoms with E-state index in [1.807, 2.05) is 48.5 Å². The van der Waals surface area contributed by atoms with Crippen molar-refractivity contribution >= 4 is 27.5 Å². The number of benzene rings is 2. The van der Waals surface area contributed by atoms with Crippen molar-refractivity contribution in [3.05, 3.63) is 64.1 Å². The number of ether oxygens (including phenoxy) is 2. The lowest BCUT2D eigenvalue weighted by atomic mass is 10.0. The Labute approximate surface area is 148 Å². The SMILES string of the molecule is CC(=O)N1NC(c2ccc3c(c2)OCO3)=C[C@H]1c1ccc(Br)cc1. The molecule has 122 valence electrons. The monoisotopic (exact) mass is 386 g/mol. The van der Waals surface area contributed by atoms with Gasteiger partial charge in [0, 0.05) is 17.0 Å². The van der Waals surface area contributed by atoms with Gasteiger partial charge in [-0.15, -0.1) is 0 Å². The van der Waals surface area contributed by atoms with Gasteiger partial charge in [0.15, 0.2) is 11.5 Å². The summed E-state index contributed by atoms with van der Waals surface area (Å²) in [5.41, 5.74) is 6.06. The van der Waals surface area contributed by atoms with Crippen LogP contribution in [0.1, 0.15) is 24.1 Å². The van der Waals surface area contributed by atoms with E-state index < -0.39 is 0 Å². The van der Waals surface area contributed by atoms with Crippen LogP contribution in [0.15, 0.2) is 53.0 Å². The van der Waals surface area contributed by atoms with Crippen molar-refractivity contribution < 1.29 is 14.3 Å². The predicted octanol–water partition coefficient (Wildman–Crippen LogP) is 3.63. The number of carbonyl (C=O) groups excluding carboxylic acids is 1. The van der Waals surface area contributed by atoms with Crippen LogP contribution in [0.5, 0.6) is 11.5 Å². The van der Waals surface area contributed by atoms with Gasteiger partial charge in [-0.05, 0) is 42.0 Å². The number of carbonyl (C=O) groups is 1. The van der Waals surface area contributed by atoms with Crippen molar-refractivity contribution in [2.75, 3.05) is 6.79 Å². The number of fused-ring (bicyclic) bond motifs is 1. The maximum atomic E-state index is 12.0. The minimum atomic E-state index is -0.156. The number of hydrazine groups is 1. The quantitative estimate of drug-likeness (QED) is 0.855. The van der Waals surface area contributed by atoms with Gasteiger partial charge >= 0.3 is 0 Å². The first kappa shape index (κ1) is 15.1. The third-order valence-electron chi connectivity index (χ3n) is 4.08. The van der Waals surface area contributed by atoms with Crippen LogP contribution in [0, 0.1) is 0 Å². The highest BCUT2D eigenvalue weighted by atomic mass is 79.9. The van der Waals surface area contributed by atoms with E-state index in [4.69, 9.17) is 9.47 Å². The number of halogens is 1. The third kappa shape index (κ3) is 2.63. The fraction of sp³-hybridized carbons (Fsp3) is 0.167. The molecule has 2 aromatic rings. The summed E-state index contributed by atoms with van der Waals surface area (Å²) in [6, 6.07) is 13.6. The number of rotatable bonds is 2. The van der Waals surface area contributed by atoms with Gasteiger partial charge in [-0.3, -0.25) is 10.2 Å². The van der Waals surface area contributed by atoms with Gasteiger partial charge in [-0.25, -0.2) is 5.01 Å². The molecule has 2 heterocycles. The molecule has 0 spiro atoms. The van der Waals surface area contributed by atoms with E-state index in [0.717, 1.165) is 32.8 Å². The first-order valence-corrected chi connectivity index (χ1v) is 8.35. The van der Waals surface area contributed by atoms with Crippen molar-refractivity contribution in [2.24, 2.45) is 0 Å². The van der Waals surface area contributed by atoms with Crippen molar-refractivity contribution in [1.82, 2.24) is 10.4 Å². The van der Waals surface area contributed by atoms with Crippen LogP contribution in [0.25, 0.3) is 5.70 Å². The maximum absolute atomic E-state index is 12.0. The third-order valence-corrected chi connectivity index (χ3v) is 4.61. The van der Waals surface area contributed by atoms with Gasteiger partial charge in [-0.2, -0.15) is 0 Å². The van der Waals surface area contributed by atoms with Gasteiger partial charge in [-0.1, -0.05) is 28.1 Å². The summed E-state index contributed by atoms with van der Waals surface area (Å²) >= 11 is 3.44. The number of hydrogen-bond donors (Lipinski definition) is 1. The van der Waals surface area contributed by atoms with Crippen LogP contribution < -0.4 is 14.9 Å². The summed E-state index contributed by atoms with van der Waals surface area (Å²) in [7, 11) is 0. The molecule has 5 nitrogen and oxygen atoms in total. The van der Waals surface area contributed by atoms with E-state index in [0.29, 0.717) is 0 Å². The second kappa shape index (κ2) is 5.87. The van der Waals surface area contributed by atoms with Crippen molar-refractivity contribution in [1.29, 1.82) is 0 Å². The summed E-state index contributed by atoms with van der Waals surface area (Å²) in [6.07, 6.45) is 2.04. The average molecular weight is 387 g/mol. The lowest BCUT2D eigenvalue weighted by Gasteiger charge is -2.24. The van der Waals surface area contributed by atoms with Gasteiger partial charge in [0.2, 0.25) is 12.7 Å². The molecule has 2 aromatic carbocycles. The molecule has 2 aliphatic rings. The Morgan fingerprint density at radius 3 is 2.67 bits per heavy atom. The molecule has 1 amide bonds. The molecule has 0 unspecified atom stereocenters. The van der Waals surface area contributed by atoms with Crippen LogP contribution in [0.2, 0.25) is 0 Å². The van der Waals surface area contributed by atoms with Gasteiger partial charge in [0.1, 0.15) is 0 Å². The molecule has 0 bridgehead atoms. The topological polar surface area (TPSA) is 50.8 Å². The zero-order chi connectivity index (χ0) is 16.7. The van der Waals surface area contributed by atoms with Crippen molar-refractivity contribution in [2.45, 2.75) is 13.0 Å². The van der Waals surface area contributed by atoms with Crippen LogP contribution in [-0.4, -0.2) is 17.7 Å². The first-order chi connectivity index (χ1) is 11.6. The highest BCUT2D eigenvalue weighted by Crippen LogP contribution is 2.37. The minimum absolute atomic E-state index is 0.0464. The van der Waals surface area contributed by atoms with Gasteiger partial charge < -0.3 is 9.47 Å². The fourth-order valence-corrected chi connectivity index (χ4v) is 3.14. The Bertz CT molecular complexity index is 833. The lowest BCUT2D eigenvalue weighted by Crippen LogP contribution is -2.37. The Kier molecular flexibility index (Phi) is 3.69. The van der Waals surface area contributed by atoms with Crippen LogP contribution in [0.4, 0.5) is 0 Å². The number of nitrogens with one attached hydrogen (secondary N) is 1. The standard InChI is InChI=1S/C18H15BrN2O3/c1-11(22)21-16(12-2-5-14(19)6-3-12)9-15(20-21)13-4-7-17-18(8-13)24-10-23-17/h2-9,16,20H,10H2,1H3/t16-/m0/s1. The predicted molar refractivity (Wildman–Crippen MR) is 93.1 cm³/mol. The molecule has 0 saturated heterocycles. The van der Waals surface area contributed by atoms with E-state index >= 15 is 0 Å². The van der Waals surface area contributed by atoms with E-state index in [2.05, 4.69) is 21.4 Å². The van der Waals surface area contributed by atoms with E-state index in [1.54, 1.807) is 11.9 Å². The van der Waals surface area contributed by atoms with E-state index in [-0.39, 0.29) is 18.7 Å². The largest absolute Gasteiger partial charge is 0.454 e. The molecule has 1 N–H and O–H groups in total. The number of amides is 1. The van der Waals surface area contributed by atoms with Gasteiger partial charge in [0.25, 0.3) is 0 Å². The summed E-state index contributed by atoms with van der Waals surface area (Å²) in [4.78, 5) is 12.0. The molecular weight excluding hydrogens is 372 g/mol. The Morgan fingerprint density at radius 2 is 1.92 bits per heavy atom. The summed E-state index contributed by atoms with van der Waals surface area (Å²) < 4.78 is 11.8. The summed E-state index contributed by atoms with van der Waals surface area (Å²) in [5, 5.41) is 1.63. The first-order valence-electron chi connectivity index (χ1n) is 7.55. The molecule has 4 rings (SSSR count). The molecule has 6 heteroatoms. The Balaban J connectivity index is 1.70. The molecular formula is C18H15BrN2O3. The highest BCUT2D eigenvalue weighted by Gasteiger charge is 2.29. The average Bonchev–Trinajstić information content (AvgIpc) is 3.21. The molecule has 0 fully saturated rings. The van der Waals surface area contributed by atoms with E-state index in [1.165, 1.54) is 0 Å². The molecule has 24 heavy (non-hydrogen) atoms. The molecule has 0 radical (unpaired) electrons. The summed E-state index contributed by atoms with van der Waals surface area (Å²) in [5.74, 6) is 1.41. The summed E-state index contributed by atoms with van der Waals surface area (Å²) in [6.45, 7) is 1.79. The highest BCUT2D eigenvalue weighted by molar-refractivity contribution is 9.10. The second-order valence-corrected chi connectivity index (χ2v) is 6.56. The maximum Gasteiger partial charge on any atom is 0.238 e. The molecule has 0 aliphatic carbocycles. The molecule has 2 aliphatic heterocycles. The smallest absolute Gasteiger partial charge is 0.238 e. The number of nitrogens with zero attached hydrogens (tertiary/aromatic N) is 1. The van der Waals surface area contributed by atoms with Crippen molar-refractivity contribution in [3.8, 4) is 11.5 Å². The van der Waals surface area contributed by atoms with Crippen LogP contribution >= 0.6 is 15.9 Å².